The van der Waals surface area contributed by atoms with Gasteiger partial charge in [0, 0.05) is 31.5 Å². The first-order valence-electron chi connectivity index (χ1n) is 6.55. The smallest absolute Gasteiger partial charge is 0.237 e. The van der Waals surface area contributed by atoms with Crippen molar-refractivity contribution >= 4 is 11.4 Å². The normalized spacial score (nSPS) is 10.0. The number of anilines is 2. The lowest BCUT2D eigenvalue weighted by Gasteiger charge is -2.16. The van der Waals surface area contributed by atoms with Gasteiger partial charge in [0.1, 0.15) is 11.6 Å². The Kier molecular flexibility index (Phi) is 3.99. The lowest BCUT2D eigenvalue weighted by molar-refractivity contribution is 0.461. The average Bonchev–Trinajstić information content (AvgIpc) is 2.40. The van der Waals surface area contributed by atoms with Gasteiger partial charge < -0.3 is 15.4 Å². The summed E-state index contributed by atoms with van der Waals surface area (Å²) in [5, 5.41) is 9.27. The molecule has 0 saturated heterocycles. The first kappa shape index (κ1) is 14.7. The molecular weight excluding hydrogens is 264 g/mol. The van der Waals surface area contributed by atoms with E-state index >= 15 is 0 Å². The highest BCUT2D eigenvalue weighted by molar-refractivity contribution is 5.63. The Bertz CT molecular complexity index is 717. The van der Waals surface area contributed by atoms with E-state index in [9.17, 15) is 5.26 Å². The fourth-order valence-corrected chi connectivity index (χ4v) is 2.01. The number of hydrogen-bond donors (Lipinski definition) is 1. The van der Waals surface area contributed by atoms with Crippen molar-refractivity contribution < 1.29 is 4.74 Å². The number of nitriles is 1. The van der Waals surface area contributed by atoms with Crippen LogP contribution in [0.5, 0.6) is 11.6 Å². The summed E-state index contributed by atoms with van der Waals surface area (Å²) in [6.07, 6.45) is 0. The molecule has 0 atom stereocenters. The zero-order valence-corrected chi connectivity index (χ0v) is 12.6. The second-order valence-corrected chi connectivity index (χ2v) is 5.09. The van der Waals surface area contributed by atoms with Gasteiger partial charge in [0.2, 0.25) is 5.88 Å². The molecular formula is C16H18N4O. The number of aryl methyl sites for hydroxylation is 2. The quantitative estimate of drug-likeness (QED) is 0.876. The lowest BCUT2D eigenvalue weighted by atomic mass is 10.1. The van der Waals surface area contributed by atoms with E-state index < -0.39 is 0 Å². The third-order valence-electron chi connectivity index (χ3n) is 3.14. The number of pyridine rings is 1. The van der Waals surface area contributed by atoms with E-state index in [1.54, 1.807) is 6.07 Å². The molecule has 0 aliphatic heterocycles. The summed E-state index contributed by atoms with van der Waals surface area (Å²) in [7, 11) is 3.87. The second-order valence-electron chi connectivity index (χ2n) is 5.09. The topological polar surface area (TPSA) is 75.2 Å². The molecule has 0 bridgehead atoms. The predicted molar refractivity (Wildman–Crippen MR) is 83.7 cm³/mol. The maximum Gasteiger partial charge on any atom is 0.237 e. The molecule has 5 nitrogen and oxygen atoms in total. The van der Waals surface area contributed by atoms with E-state index in [4.69, 9.17) is 10.5 Å². The fourth-order valence-electron chi connectivity index (χ4n) is 2.01. The van der Waals surface area contributed by atoms with E-state index in [0.717, 1.165) is 16.9 Å². The van der Waals surface area contributed by atoms with Crippen LogP contribution in [0.25, 0.3) is 0 Å². The van der Waals surface area contributed by atoms with Gasteiger partial charge in [-0.05, 0) is 37.6 Å². The molecule has 0 spiro atoms. The van der Waals surface area contributed by atoms with Gasteiger partial charge in [-0.3, -0.25) is 0 Å². The molecule has 1 aromatic carbocycles. The van der Waals surface area contributed by atoms with Crippen molar-refractivity contribution in [3.63, 3.8) is 0 Å². The van der Waals surface area contributed by atoms with Crippen LogP contribution in [-0.4, -0.2) is 19.1 Å². The molecule has 0 aliphatic rings. The molecule has 2 aromatic rings. The van der Waals surface area contributed by atoms with E-state index in [0.29, 0.717) is 17.0 Å². The van der Waals surface area contributed by atoms with Crippen LogP contribution in [0.4, 0.5) is 11.4 Å². The SMILES string of the molecule is Cc1cc(C)c(C#N)c(Oc2cc(N(C)C)ccc2N)n1. The number of nitrogens with two attached hydrogens (primary N) is 1. The molecule has 108 valence electrons. The van der Waals surface area contributed by atoms with Gasteiger partial charge in [-0.2, -0.15) is 5.26 Å². The maximum absolute atomic E-state index is 9.27. The lowest BCUT2D eigenvalue weighted by Crippen LogP contribution is -2.09. The molecule has 2 rings (SSSR count). The predicted octanol–water partition coefficient (Wildman–Crippen LogP) is 3.01. The highest BCUT2D eigenvalue weighted by Crippen LogP contribution is 2.32. The number of aromatic nitrogens is 1. The molecule has 0 fully saturated rings. The molecule has 0 aliphatic carbocycles. The molecule has 0 unspecified atom stereocenters. The number of hydrogen-bond acceptors (Lipinski definition) is 5. The third-order valence-corrected chi connectivity index (χ3v) is 3.14. The van der Waals surface area contributed by atoms with E-state index in [1.165, 1.54) is 0 Å². The largest absolute Gasteiger partial charge is 0.435 e. The Morgan fingerprint density at radius 1 is 1.24 bits per heavy atom. The van der Waals surface area contributed by atoms with Crippen LogP contribution in [0.1, 0.15) is 16.8 Å². The van der Waals surface area contributed by atoms with Crippen LogP contribution in [0.2, 0.25) is 0 Å². The molecule has 0 amide bonds. The van der Waals surface area contributed by atoms with E-state index in [2.05, 4.69) is 11.1 Å². The molecule has 0 radical (unpaired) electrons. The highest BCUT2D eigenvalue weighted by atomic mass is 16.5. The van der Waals surface area contributed by atoms with Crippen LogP contribution in [-0.2, 0) is 0 Å². The number of nitrogen functional groups attached to an aromatic ring is 1. The van der Waals surface area contributed by atoms with Gasteiger partial charge in [-0.1, -0.05) is 0 Å². The average molecular weight is 282 g/mol. The van der Waals surface area contributed by atoms with Crippen molar-refractivity contribution in [3.05, 3.63) is 41.1 Å². The van der Waals surface area contributed by atoms with Crippen molar-refractivity contribution in [2.45, 2.75) is 13.8 Å². The zero-order chi connectivity index (χ0) is 15.6. The number of benzene rings is 1. The monoisotopic (exact) mass is 282 g/mol. The van der Waals surface area contributed by atoms with Crippen LogP contribution in [0.15, 0.2) is 24.3 Å². The third kappa shape index (κ3) is 3.06. The fraction of sp³-hybridized carbons (Fsp3) is 0.250. The Hall–Kier alpha value is -2.74. The van der Waals surface area contributed by atoms with Crippen molar-refractivity contribution in [1.82, 2.24) is 4.98 Å². The summed E-state index contributed by atoms with van der Waals surface area (Å²) >= 11 is 0. The summed E-state index contributed by atoms with van der Waals surface area (Å²) in [6.45, 7) is 3.72. The maximum atomic E-state index is 9.27. The first-order valence-corrected chi connectivity index (χ1v) is 6.55. The Balaban J connectivity index is 2.48. The van der Waals surface area contributed by atoms with Crippen LogP contribution >= 0.6 is 0 Å². The van der Waals surface area contributed by atoms with Crippen molar-refractivity contribution in [3.8, 4) is 17.7 Å². The van der Waals surface area contributed by atoms with Gasteiger partial charge in [-0.15, -0.1) is 0 Å². The summed E-state index contributed by atoms with van der Waals surface area (Å²) in [6, 6.07) is 9.49. The van der Waals surface area contributed by atoms with Gasteiger partial charge in [0.15, 0.2) is 5.75 Å². The molecule has 1 aromatic heterocycles. The summed E-state index contributed by atoms with van der Waals surface area (Å²) < 4.78 is 5.80. The van der Waals surface area contributed by atoms with Gasteiger partial charge in [0.25, 0.3) is 0 Å². The van der Waals surface area contributed by atoms with Gasteiger partial charge in [0.05, 0.1) is 5.69 Å². The van der Waals surface area contributed by atoms with Crippen molar-refractivity contribution in [2.75, 3.05) is 24.7 Å². The Labute approximate surface area is 124 Å². The number of rotatable bonds is 3. The van der Waals surface area contributed by atoms with Crippen LogP contribution in [0, 0.1) is 25.2 Å². The second kappa shape index (κ2) is 5.71. The minimum Gasteiger partial charge on any atom is -0.435 e. The van der Waals surface area contributed by atoms with Crippen molar-refractivity contribution in [1.29, 1.82) is 5.26 Å². The number of ether oxygens (including phenoxy) is 1. The molecule has 5 heteroatoms. The van der Waals surface area contributed by atoms with E-state index in [-0.39, 0.29) is 5.88 Å². The Morgan fingerprint density at radius 3 is 2.57 bits per heavy atom. The van der Waals surface area contributed by atoms with Crippen LogP contribution < -0.4 is 15.4 Å². The van der Waals surface area contributed by atoms with Gasteiger partial charge >= 0.3 is 0 Å². The molecule has 1 heterocycles. The summed E-state index contributed by atoms with van der Waals surface area (Å²) in [4.78, 5) is 6.25. The molecule has 21 heavy (non-hydrogen) atoms. The standard InChI is InChI=1S/C16H18N4O/c1-10-7-11(2)19-16(13(10)9-17)21-15-8-12(20(3)4)5-6-14(15)18/h5-8H,18H2,1-4H3. The minimum absolute atomic E-state index is 0.289. The zero-order valence-electron chi connectivity index (χ0n) is 12.6. The number of nitrogens with zero attached hydrogens (tertiary/aromatic N) is 3. The highest BCUT2D eigenvalue weighted by Gasteiger charge is 2.13. The van der Waals surface area contributed by atoms with E-state index in [1.807, 2.05) is 51.0 Å². The van der Waals surface area contributed by atoms with Crippen molar-refractivity contribution in [2.24, 2.45) is 0 Å². The van der Waals surface area contributed by atoms with Gasteiger partial charge in [-0.25, -0.2) is 4.98 Å². The Morgan fingerprint density at radius 2 is 1.95 bits per heavy atom. The first-order chi connectivity index (χ1) is 9.92. The molecule has 0 saturated carbocycles. The summed E-state index contributed by atoms with van der Waals surface area (Å²) in [5.74, 6) is 0.785. The van der Waals surface area contributed by atoms with Crippen LogP contribution in [0.3, 0.4) is 0 Å². The summed E-state index contributed by atoms with van der Waals surface area (Å²) in [5.41, 5.74) is 9.47. The minimum atomic E-state index is 0.289. The molecule has 2 N–H and O–H groups in total.